The van der Waals surface area contributed by atoms with E-state index >= 15 is 0 Å². The second-order valence-electron chi connectivity index (χ2n) is 6.99. The number of urea groups is 1. The van der Waals surface area contributed by atoms with E-state index in [-0.39, 0.29) is 23.6 Å². The van der Waals surface area contributed by atoms with Gasteiger partial charge in [0.25, 0.3) is 0 Å². The van der Waals surface area contributed by atoms with Gasteiger partial charge >= 0.3 is 6.03 Å². The van der Waals surface area contributed by atoms with Crippen molar-refractivity contribution in [1.29, 1.82) is 0 Å². The molecule has 2 aliphatic rings. The van der Waals surface area contributed by atoms with Crippen LogP contribution in [-0.4, -0.2) is 43.0 Å². The Balaban J connectivity index is 1.71. The van der Waals surface area contributed by atoms with Crippen LogP contribution in [0, 0.1) is 5.41 Å². The van der Waals surface area contributed by atoms with Crippen LogP contribution in [0.25, 0.3) is 0 Å². The Morgan fingerprint density at radius 2 is 1.91 bits per heavy atom. The van der Waals surface area contributed by atoms with Gasteiger partial charge in [-0.2, -0.15) is 0 Å². The average molecular weight is 312 g/mol. The molecule has 0 radical (unpaired) electrons. The Morgan fingerprint density at radius 3 is 2.55 bits per heavy atom. The molecule has 2 amide bonds. The number of rotatable bonds is 7. The first-order valence-electron chi connectivity index (χ1n) is 8.94. The minimum absolute atomic E-state index is 0.0518. The minimum Gasteiger partial charge on any atom is -0.393 e. The molecule has 128 valence electrons. The van der Waals surface area contributed by atoms with Gasteiger partial charge in [0.05, 0.1) is 6.10 Å². The SMILES string of the molecule is CCOCCC1(CNC(=O)NC2CCC(O)CC2)CCCC1. The first-order chi connectivity index (χ1) is 10.6. The van der Waals surface area contributed by atoms with E-state index in [1.165, 1.54) is 25.7 Å². The molecule has 0 heterocycles. The number of amides is 2. The van der Waals surface area contributed by atoms with Crippen molar-refractivity contribution in [3.8, 4) is 0 Å². The predicted octanol–water partition coefficient (Wildman–Crippen LogP) is 2.58. The van der Waals surface area contributed by atoms with Crippen LogP contribution in [-0.2, 0) is 4.74 Å². The summed E-state index contributed by atoms with van der Waals surface area (Å²) >= 11 is 0. The van der Waals surface area contributed by atoms with E-state index in [9.17, 15) is 9.90 Å². The summed E-state index contributed by atoms with van der Waals surface area (Å²) in [6.07, 6.45) is 9.11. The molecule has 0 aromatic carbocycles. The lowest BCUT2D eigenvalue weighted by atomic mass is 9.83. The summed E-state index contributed by atoms with van der Waals surface area (Å²) in [5, 5.41) is 15.6. The highest BCUT2D eigenvalue weighted by atomic mass is 16.5. The first-order valence-corrected chi connectivity index (χ1v) is 8.94. The molecule has 0 atom stereocenters. The van der Waals surface area contributed by atoms with Crippen molar-refractivity contribution in [2.45, 2.75) is 76.9 Å². The Hall–Kier alpha value is -0.810. The number of aliphatic hydroxyl groups is 1. The van der Waals surface area contributed by atoms with Crippen LogP contribution in [0.2, 0.25) is 0 Å². The number of ether oxygens (including phenoxy) is 1. The van der Waals surface area contributed by atoms with Crippen molar-refractivity contribution >= 4 is 6.03 Å². The lowest BCUT2D eigenvalue weighted by Gasteiger charge is -2.30. The lowest BCUT2D eigenvalue weighted by molar-refractivity contribution is 0.103. The fraction of sp³-hybridized carbons (Fsp3) is 0.941. The second-order valence-corrected chi connectivity index (χ2v) is 6.99. The molecule has 2 fully saturated rings. The van der Waals surface area contributed by atoms with Gasteiger partial charge < -0.3 is 20.5 Å². The topological polar surface area (TPSA) is 70.6 Å². The molecule has 0 aromatic heterocycles. The average Bonchev–Trinajstić information content (AvgIpc) is 2.97. The van der Waals surface area contributed by atoms with Crippen LogP contribution in [0.5, 0.6) is 0 Å². The Labute approximate surface area is 134 Å². The monoisotopic (exact) mass is 312 g/mol. The number of hydrogen-bond acceptors (Lipinski definition) is 3. The zero-order valence-corrected chi connectivity index (χ0v) is 13.9. The third-order valence-corrected chi connectivity index (χ3v) is 5.30. The van der Waals surface area contributed by atoms with E-state index in [4.69, 9.17) is 4.74 Å². The molecule has 2 rings (SSSR count). The van der Waals surface area contributed by atoms with Crippen molar-refractivity contribution in [1.82, 2.24) is 10.6 Å². The summed E-state index contributed by atoms with van der Waals surface area (Å²) in [7, 11) is 0. The number of aliphatic hydroxyl groups excluding tert-OH is 1. The summed E-state index contributed by atoms with van der Waals surface area (Å²) in [5.74, 6) is 0. The van der Waals surface area contributed by atoms with Crippen LogP contribution in [0.3, 0.4) is 0 Å². The maximum Gasteiger partial charge on any atom is 0.315 e. The second kappa shape index (κ2) is 8.73. The number of nitrogens with one attached hydrogen (secondary N) is 2. The van der Waals surface area contributed by atoms with Crippen LogP contribution in [0.15, 0.2) is 0 Å². The maximum absolute atomic E-state index is 12.1. The van der Waals surface area contributed by atoms with Gasteiger partial charge in [0.2, 0.25) is 0 Å². The van der Waals surface area contributed by atoms with Crippen LogP contribution < -0.4 is 10.6 Å². The minimum atomic E-state index is -0.179. The molecule has 3 N–H and O–H groups in total. The molecule has 2 saturated carbocycles. The molecule has 0 bridgehead atoms. The molecule has 22 heavy (non-hydrogen) atoms. The number of carbonyl (C=O) groups is 1. The molecule has 5 nitrogen and oxygen atoms in total. The fourth-order valence-corrected chi connectivity index (χ4v) is 3.80. The first kappa shape index (κ1) is 17.5. The smallest absolute Gasteiger partial charge is 0.315 e. The number of carbonyl (C=O) groups excluding carboxylic acids is 1. The highest BCUT2D eigenvalue weighted by molar-refractivity contribution is 5.74. The zero-order valence-electron chi connectivity index (χ0n) is 13.9. The molecule has 0 saturated heterocycles. The Bertz CT molecular complexity index is 335. The molecule has 2 aliphatic carbocycles. The molecule has 0 aromatic rings. The molecule has 0 spiro atoms. The van der Waals surface area contributed by atoms with Gasteiger partial charge in [0.1, 0.15) is 0 Å². The van der Waals surface area contributed by atoms with Crippen molar-refractivity contribution in [2.24, 2.45) is 5.41 Å². The zero-order chi connectivity index (χ0) is 15.8. The van der Waals surface area contributed by atoms with Gasteiger partial charge in [-0.25, -0.2) is 4.79 Å². The van der Waals surface area contributed by atoms with Gasteiger partial charge in [0.15, 0.2) is 0 Å². The normalized spacial score (nSPS) is 27.5. The van der Waals surface area contributed by atoms with Crippen molar-refractivity contribution < 1.29 is 14.6 Å². The van der Waals surface area contributed by atoms with Gasteiger partial charge in [0, 0.05) is 25.8 Å². The summed E-state index contributed by atoms with van der Waals surface area (Å²) in [5.41, 5.74) is 0.231. The lowest BCUT2D eigenvalue weighted by Crippen LogP contribution is -2.47. The highest BCUT2D eigenvalue weighted by Crippen LogP contribution is 2.40. The fourth-order valence-electron chi connectivity index (χ4n) is 3.80. The molecule has 5 heteroatoms. The van der Waals surface area contributed by atoms with E-state index < -0.39 is 0 Å². The summed E-state index contributed by atoms with van der Waals surface area (Å²) in [4.78, 5) is 12.1. The van der Waals surface area contributed by atoms with E-state index in [0.717, 1.165) is 51.9 Å². The standard InChI is InChI=1S/C17H32N2O3/c1-2-22-12-11-17(9-3-4-10-17)13-18-16(21)19-14-5-7-15(20)8-6-14/h14-15,20H,2-13H2,1H3,(H2,18,19,21). The largest absolute Gasteiger partial charge is 0.393 e. The molecule has 0 unspecified atom stereocenters. The quantitative estimate of drug-likeness (QED) is 0.633. The predicted molar refractivity (Wildman–Crippen MR) is 86.8 cm³/mol. The van der Waals surface area contributed by atoms with Crippen LogP contribution in [0.4, 0.5) is 4.79 Å². The van der Waals surface area contributed by atoms with Gasteiger partial charge in [-0.1, -0.05) is 12.8 Å². The van der Waals surface area contributed by atoms with Crippen LogP contribution in [0.1, 0.15) is 64.7 Å². The van der Waals surface area contributed by atoms with Crippen molar-refractivity contribution in [3.05, 3.63) is 0 Å². The summed E-state index contributed by atoms with van der Waals surface area (Å²) in [6.45, 7) is 4.33. The molecule has 0 aliphatic heterocycles. The van der Waals surface area contributed by atoms with Gasteiger partial charge in [-0.3, -0.25) is 0 Å². The van der Waals surface area contributed by atoms with Crippen LogP contribution >= 0.6 is 0 Å². The van der Waals surface area contributed by atoms with E-state index in [1.807, 2.05) is 6.92 Å². The molecular weight excluding hydrogens is 280 g/mol. The Kier molecular flexibility index (Phi) is 6.96. The third kappa shape index (κ3) is 5.43. The van der Waals surface area contributed by atoms with Crippen molar-refractivity contribution in [2.75, 3.05) is 19.8 Å². The van der Waals surface area contributed by atoms with E-state index in [0.29, 0.717) is 0 Å². The maximum atomic E-state index is 12.1. The summed E-state index contributed by atoms with van der Waals surface area (Å²) in [6, 6.07) is 0.162. The Morgan fingerprint density at radius 1 is 1.23 bits per heavy atom. The molecular formula is C17H32N2O3. The van der Waals surface area contributed by atoms with Gasteiger partial charge in [-0.15, -0.1) is 0 Å². The third-order valence-electron chi connectivity index (χ3n) is 5.30. The van der Waals surface area contributed by atoms with Gasteiger partial charge in [-0.05, 0) is 57.3 Å². The highest BCUT2D eigenvalue weighted by Gasteiger charge is 2.34. The summed E-state index contributed by atoms with van der Waals surface area (Å²) < 4.78 is 5.51. The van der Waals surface area contributed by atoms with E-state index in [2.05, 4.69) is 10.6 Å². The van der Waals surface area contributed by atoms with E-state index in [1.54, 1.807) is 0 Å². The van der Waals surface area contributed by atoms with Crippen molar-refractivity contribution in [3.63, 3.8) is 0 Å². The number of hydrogen-bond donors (Lipinski definition) is 3.